The molecule has 6 nitrogen and oxygen atoms in total. The van der Waals surface area contributed by atoms with Crippen LogP contribution in [0.1, 0.15) is 16.8 Å². The zero-order valence-electron chi connectivity index (χ0n) is 11.2. The van der Waals surface area contributed by atoms with Gasteiger partial charge in [-0.2, -0.15) is 0 Å². The third-order valence-electron chi connectivity index (χ3n) is 3.65. The Labute approximate surface area is 116 Å². The van der Waals surface area contributed by atoms with Crippen LogP contribution in [0.15, 0.2) is 30.5 Å². The number of fused-ring (bicyclic) bond motifs is 1. The average molecular weight is 272 g/mol. The quantitative estimate of drug-likeness (QED) is 0.896. The Balaban J connectivity index is 1.86. The Morgan fingerprint density at radius 1 is 1.40 bits per heavy atom. The van der Waals surface area contributed by atoms with Crippen molar-refractivity contribution in [3.63, 3.8) is 0 Å². The van der Waals surface area contributed by atoms with E-state index in [1.54, 1.807) is 11.7 Å². The van der Waals surface area contributed by atoms with Crippen LogP contribution in [-0.2, 0) is 31.4 Å². The number of rotatable bonds is 3. The zero-order valence-corrected chi connectivity index (χ0v) is 11.2. The van der Waals surface area contributed by atoms with Gasteiger partial charge < -0.3 is 5.11 Å². The highest BCUT2D eigenvalue weighted by molar-refractivity contribution is 5.74. The minimum absolute atomic E-state index is 0.499. The zero-order chi connectivity index (χ0) is 14.1. The van der Waals surface area contributed by atoms with Crippen LogP contribution in [0.4, 0.5) is 0 Å². The van der Waals surface area contributed by atoms with E-state index in [9.17, 15) is 9.90 Å². The molecule has 6 heteroatoms. The predicted octanol–water partition coefficient (Wildman–Crippen LogP) is 0.827. The van der Waals surface area contributed by atoms with Crippen LogP contribution in [0.3, 0.4) is 0 Å². The Bertz CT molecular complexity index is 638. The summed E-state index contributed by atoms with van der Waals surface area (Å²) in [4.78, 5) is 13.4. The second kappa shape index (κ2) is 5.05. The molecule has 1 aromatic carbocycles. The summed E-state index contributed by atoms with van der Waals surface area (Å²) in [6, 6.07) is 7.49. The van der Waals surface area contributed by atoms with Crippen molar-refractivity contribution in [1.29, 1.82) is 0 Å². The first-order valence-corrected chi connectivity index (χ1v) is 6.52. The molecule has 0 bridgehead atoms. The number of aliphatic carboxylic acids is 1. The molecular weight excluding hydrogens is 256 g/mol. The van der Waals surface area contributed by atoms with Crippen molar-refractivity contribution < 1.29 is 9.90 Å². The topological polar surface area (TPSA) is 71.2 Å². The number of aromatic nitrogens is 3. The van der Waals surface area contributed by atoms with Crippen molar-refractivity contribution in [1.82, 2.24) is 19.9 Å². The van der Waals surface area contributed by atoms with Gasteiger partial charge >= 0.3 is 5.97 Å². The van der Waals surface area contributed by atoms with Gasteiger partial charge in [0.05, 0.1) is 5.69 Å². The number of aryl methyl sites for hydroxylation is 1. The molecule has 0 unspecified atom stereocenters. The minimum atomic E-state index is -0.789. The number of hydrogen-bond acceptors (Lipinski definition) is 4. The van der Waals surface area contributed by atoms with Gasteiger partial charge in [0.25, 0.3) is 0 Å². The Morgan fingerprint density at radius 3 is 2.80 bits per heavy atom. The minimum Gasteiger partial charge on any atom is -0.480 e. The van der Waals surface area contributed by atoms with Crippen LogP contribution in [0, 0.1) is 0 Å². The van der Waals surface area contributed by atoms with Crippen LogP contribution in [0.2, 0.25) is 0 Å². The lowest BCUT2D eigenvalue weighted by atomic mass is 9.94. The van der Waals surface area contributed by atoms with E-state index in [0.29, 0.717) is 19.5 Å². The SMILES string of the molecule is Cn1cc(CN2Cc3ccccc3C[C@H]2C(=O)O)nn1. The predicted molar refractivity (Wildman–Crippen MR) is 71.8 cm³/mol. The highest BCUT2D eigenvalue weighted by Crippen LogP contribution is 2.24. The van der Waals surface area contributed by atoms with E-state index in [1.165, 1.54) is 5.56 Å². The normalized spacial score (nSPS) is 18.8. The van der Waals surface area contributed by atoms with E-state index >= 15 is 0 Å². The number of hydrogen-bond donors (Lipinski definition) is 1. The summed E-state index contributed by atoms with van der Waals surface area (Å²) in [6.45, 7) is 1.13. The van der Waals surface area contributed by atoms with Crippen molar-refractivity contribution in [2.24, 2.45) is 7.05 Å². The summed E-state index contributed by atoms with van der Waals surface area (Å²) in [5.41, 5.74) is 3.10. The summed E-state index contributed by atoms with van der Waals surface area (Å²) in [7, 11) is 1.80. The lowest BCUT2D eigenvalue weighted by Crippen LogP contribution is -2.45. The molecule has 0 spiro atoms. The third-order valence-corrected chi connectivity index (χ3v) is 3.65. The summed E-state index contributed by atoms with van der Waals surface area (Å²) < 4.78 is 1.63. The maximum Gasteiger partial charge on any atom is 0.321 e. The fourth-order valence-corrected chi connectivity index (χ4v) is 2.66. The standard InChI is InChI=1S/C14H16N4O2/c1-17-8-12(15-16-17)9-18-7-11-5-3-2-4-10(11)6-13(18)14(19)20/h2-5,8,13H,6-7,9H2,1H3,(H,19,20)/t13-/m0/s1. The molecule has 2 aromatic rings. The molecule has 1 N–H and O–H groups in total. The number of carboxylic acids is 1. The van der Waals surface area contributed by atoms with Gasteiger partial charge in [0.2, 0.25) is 0 Å². The molecule has 1 aliphatic rings. The Hall–Kier alpha value is -2.21. The summed E-state index contributed by atoms with van der Waals surface area (Å²) >= 11 is 0. The van der Waals surface area contributed by atoms with Gasteiger partial charge in [-0.1, -0.05) is 29.5 Å². The van der Waals surface area contributed by atoms with Crippen molar-refractivity contribution in [2.75, 3.05) is 0 Å². The van der Waals surface area contributed by atoms with E-state index in [4.69, 9.17) is 0 Å². The second-order valence-electron chi connectivity index (χ2n) is 5.12. The van der Waals surface area contributed by atoms with E-state index < -0.39 is 12.0 Å². The molecule has 0 amide bonds. The van der Waals surface area contributed by atoms with Crippen molar-refractivity contribution >= 4 is 5.97 Å². The van der Waals surface area contributed by atoms with Gasteiger partial charge in [-0.15, -0.1) is 5.10 Å². The molecule has 104 valence electrons. The lowest BCUT2D eigenvalue weighted by molar-refractivity contribution is -0.144. The van der Waals surface area contributed by atoms with Gasteiger partial charge in [-0.3, -0.25) is 14.4 Å². The van der Waals surface area contributed by atoms with Gasteiger partial charge in [-0.05, 0) is 17.5 Å². The molecule has 1 aliphatic heterocycles. The number of nitrogens with zero attached hydrogens (tertiary/aromatic N) is 4. The van der Waals surface area contributed by atoms with Crippen LogP contribution in [0.5, 0.6) is 0 Å². The summed E-state index contributed by atoms with van der Waals surface area (Å²) in [5.74, 6) is -0.789. The first kappa shape index (κ1) is 12.8. The molecule has 0 fully saturated rings. The number of carbonyl (C=O) groups is 1. The van der Waals surface area contributed by atoms with Crippen LogP contribution in [0.25, 0.3) is 0 Å². The third kappa shape index (κ3) is 2.42. The lowest BCUT2D eigenvalue weighted by Gasteiger charge is -2.33. The van der Waals surface area contributed by atoms with E-state index in [1.807, 2.05) is 29.3 Å². The van der Waals surface area contributed by atoms with E-state index in [2.05, 4.69) is 16.4 Å². The Kier molecular flexibility index (Phi) is 3.23. The van der Waals surface area contributed by atoms with Crippen molar-refractivity contribution in [2.45, 2.75) is 25.6 Å². The fraction of sp³-hybridized carbons (Fsp3) is 0.357. The molecule has 20 heavy (non-hydrogen) atoms. The van der Waals surface area contributed by atoms with Crippen LogP contribution < -0.4 is 0 Å². The van der Waals surface area contributed by atoms with Gasteiger partial charge in [0.15, 0.2) is 0 Å². The highest BCUT2D eigenvalue weighted by Gasteiger charge is 2.31. The van der Waals surface area contributed by atoms with Crippen molar-refractivity contribution in [3.05, 3.63) is 47.3 Å². The molecule has 0 saturated heterocycles. The van der Waals surface area contributed by atoms with Crippen LogP contribution in [-0.4, -0.2) is 37.0 Å². The molecule has 0 aliphatic carbocycles. The van der Waals surface area contributed by atoms with E-state index in [-0.39, 0.29) is 0 Å². The molecule has 3 rings (SSSR count). The monoisotopic (exact) mass is 272 g/mol. The first-order valence-electron chi connectivity index (χ1n) is 6.52. The molecule has 2 heterocycles. The highest BCUT2D eigenvalue weighted by atomic mass is 16.4. The van der Waals surface area contributed by atoms with Crippen LogP contribution >= 0.6 is 0 Å². The molecular formula is C14H16N4O2. The number of benzene rings is 1. The largest absolute Gasteiger partial charge is 0.480 e. The van der Waals surface area contributed by atoms with Gasteiger partial charge in [0, 0.05) is 26.3 Å². The van der Waals surface area contributed by atoms with E-state index in [0.717, 1.165) is 11.3 Å². The number of carboxylic acid groups (broad SMARTS) is 1. The second-order valence-corrected chi connectivity index (χ2v) is 5.12. The maximum absolute atomic E-state index is 11.5. The Morgan fingerprint density at radius 2 is 2.15 bits per heavy atom. The maximum atomic E-state index is 11.5. The smallest absolute Gasteiger partial charge is 0.321 e. The fourth-order valence-electron chi connectivity index (χ4n) is 2.66. The summed E-state index contributed by atoms with van der Waals surface area (Å²) in [5, 5.41) is 17.4. The molecule has 0 radical (unpaired) electrons. The molecule has 0 saturated carbocycles. The average Bonchev–Trinajstić information content (AvgIpc) is 2.83. The van der Waals surface area contributed by atoms with Gasteiger partial charge in [0.1, 0.15) is 6.04 Å². The summed E-state index contributed by atoms with van der Waals surface area (Å²) in [6.07, 6.45) is 2.35. The van der Waals surface area contributed by atoms with Gasteiger partial charge in [-0.25, -0.2) is 0 Å². The molecule has 1 aromatic heterocycles. The molecule has 1 atom stereocenters. The first-order chi connectivity index (χ1) is 9.63. The van der Waals surface area contributed by atoms with Crippen molar-refractivity contribution in [3.8, 4) is 0 Å².